The molecule has 0 aromatic carbocycles. The highest BCUT2D eigenvalue weighted by Gasteiger charge is 2.20. The van der Waals surface area contributed by atoms with Crippen molar-refractivity contribution < 1.29 is 0 Å². The number of rotatable bonds is 1. The molecule has 0 aliphatic heterocycles. The van der Waals surface area contributed by atoms with E-state index in [1.54, 1.807) is 0 Å². The third-order valence-corrected chi connectivity index (χ3v) is 2.03. The molecule has 0 saturated heterocycles. The van der Waals surface area contributed by atoms with E-state index < -0.39 is 0 Å². The van der Waals surface area contributed by atoms with Crippen molar-refractivity contribution in [1.82, 2.24) is 4.90 Å². The number of nitrogens with zero attached hydrogens (tertiary/aromatic N) is 1. The molecular weight excluding hydrogens is 122 g/mol. The smallest absolute Gasteiger partial charge is 0.0109 e. The van der Waals surface area contributed by atoms with Crippen molar-refractivity contribution in [3.8, 4) is 0 Å². The molecule has 1 atom stereocenters. The van der Waals surface area contributed by atoms with Gasteiger partial charge in [0.25, 0.3) is 0 Å². The van der Waals surface area contributed by atoms with E-state index in [9.17, 15) is 0 Å². The molecule has 0 aliphatic rings. The van der Waals surface area contributed by atoms with E-state index in [2.05, 4.69) is 46.7 Å². The molecule has 0 bridgehead atoms. The van der Waals surface area contributed by atoms with Crippen LogP contribution in [-0.2, 0) is 0 Å². The maximum atomic E-state index is 2.26. The second-order valence-corrected chi connectivity index (χ2v) is 4.01. The van der Waals surface area contributed by atoms with Gasteiger partial charge in [0.1, 0.15) is 0 Å². The Labute approximate surface area is 66.4 Å². The van der Waals surface area contributed by atoms with Crippen molar-refractivity contribution in [2.24, 2.45) is 5.41 Å². The van der Waals surface area contributed by atoms with Crippen LogP contribution in [0.15, 0.2) is 0 Å². The molecular formula is C9H23N. The van der Waals surface area contributed by atoms with Crippen LogP contribution >= 0.6 is 0 Å². The van der Waals surface area contributed by atoms with Gasteiger partial charge in [-0.15, -0.1) is 0 Å². The normalized spacial score (nSPS) is 14.7. The lowest BCUT2D eigenvalue weighted by Crippen LogP contribution is -2.36. The second kappa shape index (κ2) is 3.97. The summed E-state index contributed by atoms with van der Waals surface area (Å²) < 4.78 is 0. The lowest BCUT2D eigenvalue weighted by atomic mass is 9.87. The first-order valence-corrected chi connectivity index (χ1v) is 3.52. The van der Waals surface area contributed by atoms with E-state index in [0.29, 0.717) is 11.5 Å². The Bertz CT molecular complexity index is 79.2. The van der Waals surface area contributed by atoms with Gasteiger partial charge in [0.2, 0.25) is 0 Å². The van der Waals surface area contributed by atoms with Crippen molar-refractivity contribution >= 4 is 0 Å². The van der Waals surface area contributed by atoms with Gasteiger partial charge >= 0.3 is 0 Å². The van der Waals surface area contributed by atoms with Crippen LogP contribution in [0.1, 0.15) is 35.1 Å². The Balaban J connectivity index is 0. The van der Waals surface area contributed by atoms with Crippen LogP contribution in [-0.4, -0.2) is 25.0 Å². The first-order valence-electron chi connectivity index (χ1n) is 3.52. The molecule has 0 amide bonds. The van der Waals surface area contributed by atoms with Gasteiger partial charge in [-0.1, -0.05) is 28.2 Å². The monoisotopic (exact) mass is 145 g/mol. The summed E-state index contributed by atoms with van der Waals surface area (Å²) in [5.41, 5.74) is 0.406. The van der Waals surface area contributed by atoms with Gasteiger partial charge in [-0.05, 0) is 26.4 Å². The van der Waals surface area contributed by atoms with Crippen molar-refractivity contribution in [1.29, 1.82) is 0 Å². The van der Waals surface area contributed by atoms with Gasteiger partial charge in [0.05, 0.1) is 0 Å². The molecule has 0 aromatic heterocycles. The van der Waals surface area contributed by atoms with Crippen LogP contribution in [0.4, 0.5) is 0 Å². The van der Waals surface area contributed by atoms with Crippen LogP contribution in [0.2, 0.25) is 0 Å². The number of hydrogen-bond acceptors (Lipinski definition) is 1. The zero-order valence-corrected chi connectivity index (χ0v) is 7.52. The second-order valence-electron chi connectivity index (χ2n) is 4.01. The van der Waals surface area contributed by atoms with E-state index in [-0.39, 0.29) is 7.43 Å². The topological polar surface area (TPSA) is 3.24 Å². The van der Waals surface area contributed by atoms with Crippen LogP contribution in [0, 0.1) is 5.41 Å². The van der Waals surface area contributed by atoms with Crippen LogP contribution in [0.5, 0.6) is 0 Å². The van der Waals surface area contributed by atoms with E-state index in [4.69, 9.17) is 0 Å². The Morgan fingerprint density at radius 3 is 1.40 bits per heavy atom. The molecule has 0 spiro atoms. The fourth-order valence-electron chi connectivity index (χ4n) is 0.775. The van der Waals surface area contributed by atoms with E-state index >= 15 is 0 Å². The minimum Gasteiger partial charge on any atom is -0.306 e. The SMILES string of the molecule is C.CC(N(C)C)C(C)(C)C. The molecule has 0 radical (unpaired) electrons. The summed E-state index contributed by atoms with van der Waals surface area (Å²) in [6, 6.07) is 0.650. The maximum absolute atomic E-state index is 2.26. The van der Waals surface area contributed by atoms with Crippen LogP contribution < -0.4 is 0 Å². The highest BCUT2D eigenvalue weighted by Crippen LogP contribution is 2.21. The Morgan fingerprint density at radius 2 is 1.40 bits per heavy atom. The number of hydrogen-bond donors (Lipinski definition) is 0. The van der Waals surface area contributed by atoms with Crippen molar-refractivity contribution in [2.45, 2.75) is 41.2 Å². The maximum Gasteiger partial charge on any atom is 0.0109 e. The lowest BCUT2D eigenvalue weighted by Gasteiger charge is -2.32. The molecule has 0 N–H and O–H groups in total. The highest BCUT2D eigenvalue weighted by molar-refractivity contribution is 4.74. The fourth-order valence-corrected chi connectivity index (χ4v) is 0.775. The molecule has 0 saturated carbocycles. The largest absolute Gasteiger partial charge is 0.306 e. The summed E-state index contributed by atoms with van der Waals surface area (Å²) >= 11 is 0. The Kier molecular flexibility index (Phi) is 5.01. The van der Waals surface area contributed by atoms with Gasteiger partial charge in [0, 0.05) is 6.04 Å². The summed E-state index contributed by atoms with van der Waals surface area (Å²) in [7, 11) is 4.24. The fraction of sp³-hybridized carbons (Fsp3) is 1.00. The molecule has 1 heteroatoms. The third kappa shape index (κ3) is 3.89. The average Bonchev–Trinajstić information content (AvgIpc) is 1.62. The van der Waals surface area contributed by atoms with Crippen LogP contribution in [0.3, 0.4) is 0 Å². The summed E-state index contributed by atoms with van der Waals surface area (Å²) in [6.45, 7) is 9.03. The summed E-state index contributed by atoms with van der Waals surface area (Å²) in [5, 5.41) is 0. The quantitative estimate of drug-likeness (QED) is 0.548. The minimum absolute atomic E-state index is 0. The molecule has 1 unspecified atom stereocenters. The minimum atomic E-state index is 0. The standard InChI is InChI=1S/C8H19N.CH4/c1-7(9(5)6)8(2,3)4;/h7H,1-6H3;1H4. The molecule has 0 rings (SSSR count). The molecule has 1 nitrogen and oxygen atoms in total. The van der Waals surface area contributed by atoms with Crippen molar-refractivity contribution in [3.05, 3.63) is 0 Å². The molecule has 0 heterocycles. The van der Waals surface area contributed by atoms with Crippen molar-refractivity contribution in [2.75, 3.05) is 14.1 Å². The van der Waals surface area contributed by atoms with E-state index in [0.717, 1.165) is 0 Å². The van der Waals surface area contributed by atoms with Gasteiger partial charge < -0.3 is 4.90 Å². The van der Waals surface area contributed by atoms with Gasteiger partial charge in [-0.25, -0.2) is 0 Å². The molecule has 0 aliphatic carbocycles. The summed E-state index contributed by atoms with van der Waals surface area (Å²) in [6.07, 6.45) is 0. The predicted octanol–water partition coefficient (Wildman–Crippen LogP) is 2.62. The first-order chi connectivity index (χ1) is 3.85. The molecule has 10 heavy (non-hydrogen) atoms. The molecule has 64 valence electrons. The zero-order chi connectivity index (χ0) is 7.65. The van der Waals surface area contributed by atoms with Crippen molar-refractivity contribution in [3.63, 3.8) is 0 Å². The van der Waals surface area contributed by atoms with E-state index in [1.807, 2.05) is 0 Å². The molecule has 0 fully saturated rings. The van der Waals surface area contributed by atoms with Gasteiger partial charge in [-0.3, -0.25) is 0 Å². The Morgan fingerprint density at radius 1 is 1.10 bits per heavy atom. The third-order valence-electron chi connectivity index (χ3n) is 2.03. The summed E-state index contributed by atoms with van der Waals surface area (Å²) in [5.74, 6) is 0. The highest BCUT2D eigenvalue weighted by atomic mass is 15.1. The zero-order valence-electron chi connectivity index (χ0n) is 7.52. The van der Waals surface area contributed by atoms with Gasteiger partial charge in [0.15, 0.2) is 0 Å². The Hall–Kier alpha value is -0.0400. The first kappa shape index (κ1) is 12.6. The lowest BCUT2D eigenvalue weighted by molar-refractivity contribution is 0.169. The van der Waals surface area contributed by atoms with E-state index in [1.165, 1.54) is 0 Å². The molecule has 0 aromatic rings. The van der Waals surface area contributed by atoms with Gasteiger partial charge in [-0.2, -0.15) is 0 Å². The summed E-state index contributed by atoms with van der Waals surface area (Å²) in [4.78, 5) is 2.25. The van der Waals surface area contributed by atoms with Crippen LogP contribution in [0.25, 0.3) is 0 Å². The average molecular weight is 145 g/mol. The predicted molar refractivity (Wildman–Crippen MR) is 49.3 cm³/mol.